The number of carbonyl (C=O) groups is 1. The first-order chi connectivity index (χ1) is 7.05. The van der Waals surface area contributed by atoms with E-state index in [1.807, 2.05) is 0 Å². The van der Waals surface area contributed by atoms with Crippen molar-refractivity contribution in [1.29, 1.82) is 0 Å². The molecule has 2 rings (SSSR count). The molecule has 78 valence electrons. The topological polar surface area (TPSA) is 77.8 Å². The lowest BCUT2D eigenvalue weighted by Crippen LogP contribution is -2.36. The molecule has 0 fully saturated rings. The molecule has 1 aliphatic rings. The van der Waals surface area contributed by atoms with Gasteiger partial charge in [0, 0.05) is 17.5 Å². The van der Waals surface area contributed by atoms with Crippen LogP contribution in [0.15, 0.2) is 24.3 Å². The number of aromatic hydroxyl groups is 1. The Morgan fingerprint density at radius 1 is 1.40 bits per heavy atom. The Morgan fingerprint density at radius 3 is 2.80 bits per heavy atom. The summed E-state index contributed by atoms with van der Waals surface area (Å²) in [5.41, 5.74) is -1.32. The second kappa shape index (κ2) is 3.10. The van der Waals surface area contributed by atoms with Gasteiger partial charge in [-0.05, 0) is 6.07 Å². The van der Waals surface area contributed by atoms with Gasteiger partial charge in [0.15, 0.2) is 5.60 Å². The average Bonchev–Trinajstić information content (AvgIpc) is 2.20. The highest BCUT2D eigenvalue weighted by Gasteiger charge is 2.40. The molecule has 0 bridgehead atoms. The monoisotopic (exact) mass is 206 g/mol. The van der Waals surface area contributed by atoms with Gasteiger partial charge in [-0.1, -0.05) is 24.3 Å². The molecule has 1 aromatic carbocycles. The highest BCUT2D eigenvalue weighted by molar-refractivity contribution is 5.83. The molecule has 0 aliphatic heterocycles. The Labute approximate surface area is 86.1 Å². The van der Waals surface area contributed by atoms with Crippen LogP contribution in [0.5, 0.6) is 5.75 Å². The van der Waals surface area contributed by atoms with E-state index in [9.17, 15) is 15.0 Å². The maximum absolute atomic E-state index is 11.0. The number of carboxylic acids is 1. The molecule has 1 unspecified atom stereocenters. The van der Waals surface area contributed by atoms with Crippen LogP contribution in [-0.2, 0) is 10.4 Å². The normalized spacial score (nSPS) is 23.5. The van der Waals surface area contributed by atoms with Crippen LogP contribution in [0.1, 0.15) is 17.5 Å². The minimum Gasteiger partial charge on any atom is -0.507 e. The summed E-state index contributed by atoms with van der Waals surface area (Å²) in [6, 6.07) is 4.48. The lowest BCUT2D eigenvalue weighted by atomic mass is 9.83. The number of phenolic OH excluding ortho intramolecular Hbond substituents is 1. The first-order valence-corrected chi connectivity index (χ1v) is 4.50. The van der Waals surface area contributed by atoms with Gasteiger partial charge < -0.3 is 15.3 Å². The molecule has 1 atom stereocenters. The number of hydrogen-bond donors (Lipinski definition) is 3. The quantitative estimate of drug-likeness (QED) is 0.642. The van der Waals surface area contributed by atoms with Crippen molar-refractivity contribution in [1.82, 2.24) is 0 Å². The molecule has 0 radical (unpaired) electrons. The van der Waals surface area contributed by atoms with E-state index in [1.165, 1.54) is 24.3 Å². The summed E-state index contributed by atoms with van der Waals surface area (Å²) in [6.07, 6.45) is 3.16. The smallest absolute Gasteiger partial charge is 0.340 e. The van der Waals surface area contributed by atoms with Crippen LogP contribution in [0.4, 0.5) is 0 Å². The minimum absolute atomic E-state index is 0.0127. The molecule has 0 amide bonds. The molecule has 0 saturated heterocycles. The summed E-state index contributed by atoms with van der Waals surface area (Å²) in [5, 5.41) is 28.4. The predicted octanol–water partition coefficient (Wildman–Crippen LogP) is 1.08. The Morgan fingerprint density at radius 2 is 2.13 bits per heavy atom. The van der Waals surface area contributed by atoms with Crippen molar-refractivity contribution in [2.75, 3.05) is 0 Å². The van der Waals surface area contributed by atoms with Crippen molar-refractivity contribution in [2.45, 2.75) is 12.0 Å². The summed E-state index contributed by atoms with van der Waals surface area (Å²) < 4.78 is 0. The Bertz CT molecular complexity index is 450. The van der Waals surface area contributed by atoms with Gasteiger partial charge in [0.25, 0.3) is 0 Å². The molecule has 1 aromatic rings. The first kappa shape index (κ1) is 9.73. The molecule has 4 nitrogen and oxygen atoms in total. The molecular weight excluding hydrogens is 196 g/mol. The number of phenols is 1. The summed E-state index contributed by atoms with van der Waals surface area (Å²) >= 11 is 0. The second-order valence-electron chi connectivity index (χ2n) is 3.51. The molecule has 0 heterocycles. The molecule has 1 aliphatic carbocycles. The van der Waals surface area contributed by atoms with Crippen LogP contribution in [0.25, 0.3) is 6.08 Å². The molecular formula is C11H10O4. The minimum atomic E-state index is -1.93. The number of carboxylic acid groups (broad SMARTS) is 1. The van der Waals surface area contributed by atoms with Crippen LogP contribution in [-0.4, -0.2) is 21.3 Å². The maximum Gasteiger partial charge on any atom is 0.340 e. The summed E-state index contributed by atoms with van der Waals surface area (Å²) in [7, 11) is 0. The van der Waals surface area contributed by atoms with Crippen molar-refractivity contribution in [3.05, 3.63) is 35.4 Å². The van der Waals surface area contributed by atoms with Gasteiger partial charge in [0.05, 0.1) is 0 Å². The van der Waals surface area contributed by atoms with Crippen molar-refractivity contribution >= 4 is 12.0 Å². The van der Waals surface area contributed by atoms with E-state index in [-0.39, 0.29) is 17.7 Å². The van der Waals surface area contributed by atoms with Gasteiger partial charge in [0.1, 0.15) is 5.75 Å². The SMILES string of the molecule is O=C(O)C1(O)CC=Cc2c(O)cccc21. The lowest BCUT2D eigenvalue weighted by Gasteiger charge is -2.27. The van der Waals surface area contributed by atoms with E-state index < -0.39 is 11.6 Å². The molecule has 15 heavy (non-hydrogen) atoms. The maximum atomic E-state index is 11.0. The van der Waals surface area contributed by atoms with Crippen molar-refractivity contribution in [2.24, 2.45) is 0 Å². The highest BCUT2D eigenvalue weighted by Crippen LogP contribution is 2.37. The average molecular weight is 206 g/mol. The fourth-order valence-corrected chi connectivity index (χ4v) is 1.75. The molecule has 0 spiro atoms. The zero-order valence-corrected chi connectivity index (χ0v) is 7.84. The molecule has 4 heteroatoms. The number of aliphatic carboxylic acids is 1. The third-order valence-corrected chi connectivity index (χ3v) is 2.58. The fraction of sp³-hybridized carbons (Fsp3) is 0.182. The molecule has 3 N–H and O–H groups in total. The predicted molar refractivity (Wildman–Crippen MR) is 53.3 cm³/mol. The fourth-order valence-electron chi connectivity index (χ4n) is 1.75. The molecule has 0 aromatic heterocycles. The zero-order valence-electron chi connectivity index (χ0n) is 7.84. The Kier molecular flexibility index (Phi) is 2.01. The van der Waals surface area contributed by atoms with Crippen LogP contribution < -0.4 is 0 Å². The third kappa shape index (κ3) is 1.30. The van der Waals surface area contributed by atoms with Gasteiger partial charge in [-0.3, -0.25) is 0 Å². The van der Waals surface area contributed by atoms with Crippen molar-refractivity contribution in [3.63, 3.8) is 0 Å². The van der Waals surface area contributed by atoms with Crippen LogP contribution in [0.3, 0.4) is 0 Å². The van der Waals surface area contributed by atoms with Gasteiger partial charge in [-0.15, -0.1) is 0 Å². The van der Waals surface area contributed by atoms with Crippen LogP contribution in [0.2, 0.25) is 0 Å². The number of rotatable bonds is 1. The van der Waals surface area contributed by atoms with E-state index >= 15 is 0 Å². The van der Waals surface area contributed by atoms with E-state index in [0.717, 1.165) is 0 Å². The van der Waals surface area contributed by atoms with Crippen LogP contribution >= 0.6 is 0 Å². The summed E-state index contributed by atoms with van der Waals surface area (Å²) in [5.74, 6) is -1.33. The number of fused-ring (bicyclic) bond motifs is 1. The highest BCUT2D eigenvalue weighted by atomic mass is 16.4. The van der Waals surface area contributed by atoms with E-state index in [1.54, 1.807) is 6.08 Å². The van der Waals surface area contributed by atoms with Crippen LogP contribution in [0, 0.1) is 0 Å². The number of benzene rings is 1. The van der Waals surface area contributed by atoms with Crippen molar-refractivity contribution in [3.8, 4) is 5.75 Å². The number of hydrogen-bond acceptors (Lipinski definition) is 3. The third-order valence-electron chi connectivity index (χ3n) is 2.58. The zero-order chi connectivity index (χ0) is 11.1. The van der Waals surface area contributed by atoms with E-state index in [4.69, 9.17) is 5.11 Å². The van der Waals surface area contributed by atoms with Crippen molar-refractivity contribution < 1.29 is 20.1 Å². The first-order valence-electron chi connectivity index (χ1n) is 4.50. The lowest BCUT2D eigenvalue weighted by molar-refractivity contribution is -0.159. The van der Waals surface area contributed by atoms with E-state index in [0.29, 0.717) is 5.56 Å². The summed E-state index contributed by atoms with van der Waals surface area (Å²) in [6.45, 7) is 0. The van der Waals surface area contributed by atoms with Gasteiger partial charge in [-0.2, -0.15) is 0 Å². The van der Waals surface area contributed by atoms with Gasteiger partial charge in [0.2, 0.25) is 0 Å². The Hall–Kier alpha value is -1.81. The van der Waals surface area contributed by atoms with Gasteiger partial charge >= 0.3 is 5.97 Å². The number of aliphatic hydroxyl groups is 1. The van der Waals surface area contributed by atoms with Gasteiger partial charge in [-0.25, -0.2) is 4.79 Å². The van der Waals surface area contributed by atoms with E-state index in [2.05, 4.69) is 0 Å². The largest absolute Gasteiger partial charge is 0.507 e. The standard InChI is InChI=1S/C11H10O4/c12-9-5-1-4-8-7(9)3-2-6-11(8,15)10(13)14/h1-5,12,15H,6H2,(H,13,14). The summed E-state index contributed by atoms with van der Waals surface area (Å²) in [4.78, 5) is 11.0. The Balaban J connectivity index is 2.67. The second-order valence-corrected chi connectivity index (χ2v) is 3.51. The molecule has 0 saturated carbocycles.